The van der Waals surface area contributed by atoms with Gasteiger partial charge in [-0.3, -0.25) is 4.98 Å². The molecule has 7 heteroatoms. The Morgan fingerprint density at radius 2 is 2.06 bits per heavy atom. The molecule has 4 heterocycles. The second-order valence-corrected chi connectivity index (χ2v) is 10.4. The van der Waals surface area contributed by atoms with Crippen LogP contribution in [0.3, 0.4) is 0 Å². The fraction of sp³-hybridized carbons (Fsp3) is 0.200. The Kier molecular flexibility index (Phi) is 4.50. The first-order valence-corrected chi connectivity index (χ1v) is 12.1. The van der Waals surface area contributed by atoms with E-state index in [0.717, 1.165) is 67.9 Å². The van der Waals surface area contributed by atoms with Crippen molar-refractivity contribution in [1.82, 2.24) is 25.0 Å². The van der Waals surface area contributed by atoms with Gasteiger partial charge in [-0.15, -0.1) is 5.10 Å². The number of rotatable bonds is 4. The monoisotopic (exact) mass is 437 g/mol. The van der Waals surface area contributed by atoms with Crippen molar-refractivity contribution < 1.29 is 4.74 Å². The van der Waals surface area contributed by atoms with E-state index in [9.17, 15) is 0 Å². The number of ether oxygens (including phenoxy) is 1. The predicted molar refractivity (Wildman–Crippen MR) is 129 cm³/mol. The van der Waals surface area contributed by atoms with Crippen molar-refractivity contribution in [1.29, 1.82) is 0 Å². The van der Waals surface area contributed by atoms with Gasteiger partial charge in [-0.1, -0.05) is 24.3 Å². The van der Waals surface area contributed by atoms with Gasteiger partial charge in [0.25, 0.3) is 0 Å². The topological polar surface area (TPSA) is 65.7 Å². The second kappa shape index (κ2) is 7.53. The molecule has 0 radical (unpaired) electrons. The molecule has 0 aliphatic carbocycles. The minimum Gasteiger partial charge on any atom is -0.493 e. The highest BCUT2D eigenvalue weighted by molar-refractivity contribution is 6.13. The maximum absolute atomic E-state index is 5.68. The van der Waals surface area contributed by atoms with Crippen molar-refractivity contribution in [3.63, 3.8) is 0 Å². The Hall–Kier alpha value is -3.58. The summed E-state index contributed by atoms with van der Waals surface area (Å²) in [6.07, 6.45) is 2.77. The molecule has 32 heavy (non-hydrogen) atoms. The van der Waals surface area contributed by atoms with Gasteiger partial charge >= 0.3 is 0 Å². The van der Waals surface area contributed by atoms with Crippen molar-refractivity contribution >= 4 is 32.3 Å². The smallest absolute Gasteiger partial charge is 0.179 e. The molecule has 0 saturated heterocycles. The number of hydrogen-bond acceptors (Lipinski definition) is 5. The SMILES string of the molecule is CC([SiH3])c1cc(-c2ccc3c(c2)CCO3)nc2c1nnn2Cc1ccc2ncccc2c1. The van der Waals surface area contributed by atoms with E-state index >= 15 is 0 Å². The highest BCUT2D eigenvalue weighted by Crippen LogP contribution is 2.32. The third kappa shape index (κ3) is 3.25. The fourth-order valence-corrected chi connectivity index (χ4v) is 4.84. The van der Waals surface area contributed by atoms with Crippen molar-refractivity contribution in [2.45, 2.75) is 25.4 Å². The zero-order chi connectivity index (χ0) is 21.7. The average molecular weight is 438 g/mol. The van der Waals surface area contributed by atoms with Gasteiger partial charge < -0.3 is 4.74 Å². The van der Waals surface area contributed by atoms with Crippen LogP contribution < -0.4 is 4.74 Å². The Labute approximate surface area is 188 Å². The molecule has 0 amide bonds. The minimum absolute atomic E-state index is 0.453. The summed E-state index contributed by atoms with van der Waals surface area (Å²) in [7, 11) is 1.04. The Morgan fingerprint density at radius 3 is 2.97 bits per heavy atom. The maximum atomic E-state index is 5.68. The molecule has 158 valence electrons. The normalized spacial score (nSPS) is 14.0. The van der Waals surface area contributed by atoms with Crippen LogP contribution in [0.5, 0.6) is 5.75 Å². The van der Waals surface area contributed by atoms with E-state index in [4.69, 9.17) is 9.72 Å². The number of fused-ring (bicyclic) bond motifs is 3. The van der Waals surface area contributed by atoms with Crippen LogP contribution in [-0.2, 0) is 13.0 Å². The van der Waals surface area contributed by atoms with Crippen LogP contribution in [-0.4, -0.2) is 41.8 Å². The quantitative estimate of drug-likeness (QED) is 0.403. The summed E-state index contributed by atoms with van der Waals surface area (Å²) in [5.74, 6) is 0.990. The van der Waals surface area contributed by atoms with Gasteiger partial charge in [-0.2, -0.15) is 0 Å². The molecule has 2 aromatic carbocycles. The van der Waals surface area contributed by atoms with Crippen LogP contribution in [0.25, 0.3) is 33.3 Å². The molecule has 0 fully saturated rings. The van der Waals surface area contributed by atoms with E-state index in [1.807, 2.05) is 16.9 Å². The van der Waals surface area contributed by atoms with Crippen molar-refractivity contribution in [2.75, 3.05) is 6.61 Å². The van der Waals surface area contributed by atoms with Gasteiger partial charge in [0.05, 0.1) is 24.4 Å². The number of hydrogen-bond donors (Lipinski definition) is 0. The van der Waals surface area contributed by atoms with Crippen LogP contribution in [0.4, 0.5) is 0 Å². The first-order valence-electron chi connectivity index (χ1n) is 11.0. The summed E-state index contributed by atoms with van der Waals surface area (Å²) in [6.45, 7) is 3.62. The summed E-state index contributed by atoms with van der Waals surface area (Å²) in [5, 5.41) is 10.1. The lowest BCUT2D eigenvalue weighted by Gasteiger charge is -2.11. The van der Waals surface area contributed by atoms with Crippen LogP contribution in [0.1, 0.15) is 29.2 Å². The van der Waals surface area contributed by atoms with Crippen LogP contribution in [0, 0.1) is 0 Å². The summed E-state index contributed by atoms with van der Waals surface area (Å²) in [4.78, 5) is 9.45. The van der Waals surface area contributed by atoms with Crippen molar-refractivity contribution in [3.05, 3.63) is 77.5 Å². The Balaban J connectivity index is 1.46. The number of pyridine rings is 2. The van der Waals surface area contributed by atoms with Gasteiger partial charge in [0.1, 0.15) is 11.3 Å². The third-order valence-electron chi connectivity index (χ3n) is 6.11. The molecule has 6 rings (SSSR count). The van der Waals surface area contributed by atoms with Crippen molar-refractivity contribution in [2.24, 2.45) is 0 Å². The summed E-state index contributed by atoms with van der Waals surface area (Å²) >= 11 is 0. The van der Waals surface area contributed by atoms with Gasteiger partial charge in [-0.25, -0.2) is 9.67 Å². The highest BCUT2D eigenvalue weighted by Gasteiger charge is 2.18. The highest BCUT2D eigenvalue weighted by atomic mass is 28.1. The molecule has 0 bridgehead atoms. The zero-order valence-electron chi connectivity index (χ0n) is 18.1. The van der Waals surface area contributed by atoms with E-state index < -0.39 is 0 Å². The molecule has 1 atom stereocenters. The molecule has 5 aromatic rings. The third-order valence-corrected chi connectivity index (χ3v) is 6.73. The molecule has 1 aliphatic rings. The first kappa shape index (κ1) is 19.1. The molecule has 1 aliphatic heterocycles. The van der Waals surface area contributed by atoms with Gasteiger partial charge in [-0.05, 0) is 64.7 Å². The lowest BCUT2D eigenvalue weighted by atomic mass is 10.0. The standard InChI is InChI=1S/C25H23N5OSi/c1-15(32)20-13-22(18-5-7-23-19(12-18)8-10-31-23)27-25-24(20)28-29-30(25)14-16-4-6-21-17(11-16)3-2-9-26-21/h2-7,9,11-13,15H,8,10,14H2,1,32H3. The summed E-state index contributed by atoms with van der Waals surface area (Å²) in [5.41, 5.74) is 8.90. The Morgan fingerprint density at radius 1 is 1.12 bits per heavy atom. The lowest BCUT2D eigenvalue weighted by molar-refractivity contribution is 0.357. The number of aromatic nitrogens is 5. The molecule has 6 nitrogen and oxygen atoms in total. The molecule has 3 aromatic heterocycles. The molecular formula is C25H23N5OSi. The number of benzene rings is 2. The van der Waals surface area contributed by atoms with Gasteiger partial charge in [0.15, 0.2) is 5.65 Å². The van der Waals surface area contributed by atoms with Gasteiger partial charge in [0, 0.05) is 33.8 Å². The fourth-order valence-electron chi connectivity index (χ4n) is 4.40. The first-order chi connectivity index (χ1) is 15.7. The van der Waals surface area contributed by atoms with Crippen LogP contribution >= 0.6 is 0 Å². The molecule has 1 unspecified atom stereocenters. The molecule has 0 saturated carbocycles. The molecule has 0 N–H and O–H groups in total. The predicted octanol–water partition coefficient (Wildman–Crippen LogP) is 3.45. The maximum Gasteiger partial charge on any atom is 0.179 e. The van der Waals surface area contributed by atoms with E-state index in [1.165, 1.54) is 11.1 Å². The van der Waals surface area contributed by atoms with Crippen LogP contribution in [0.15, 0.2) is 60.8 Å². The molecule has 0 spiro atoms. The van der Waals surface area contributed by atoms with Crippen molar-refractivity contribution in [3.8, 4) is 17.0 Å². The Bertz CT molecular complexity index is 1480. The molecular weight excluding hydrogens is 414 g/mol. The van der Waals surface area contributed by atoms with E-state index in [1.54, 1.807) is 0 Å². The average Bonchev–Trinajstić information content (AvgIpc) is 3.45. The van der Waals surface area contributed by atoms with E-state index in [0.29, 0.717) is 12.1 Å². The van der Waals surface area contributed by atoms with E-state index in [2.05, 4.69) is 70.8 Å². The zero-order valence-corrected chi connectivity index (χ0v) is 20.1. The minimum atomic E-state index is 0.453. The second-order valence-electron chi connectivity index (χ2n) is 8.62. The van der Waals surface area contributed by atoms with E-state index in [-0.39, 0.29) is 0 Å². The summed E-state index contributed by atoms with van der Waals surface area (Å²) in [6, 6.07) is 18.9. The summed E-state index contributed by atoms with van der Waals surface area (Å²) < 4.78 is 7.60. The number of nitrogens with zero attached hydrogens (tertiary/aromatic N) is 5. The lowest BCUT2D eigenvalue weighted by Crippen LogP contribution is -2.04. The van der Waals surface area contributed by atoms with Crippen LogP contribution in [0.2, 0.25) is 0 Å². The van der Waals surface area contributed by atoms with Gasteiger partial charge in [0.2, 0.25) is 0 Å². The largest absolute Gasteiger partial charge is 0.493 e.